The van der Waals surface area contributed by atoms with Gasteiger partial charge in [-0.15, -0.1) is 0 Å². The summed E-state index contributed by atoms with van der Waals surface area (Å²) in [4.78, 5) is 7.45. The Hall–Kier alpha value is -1.55. The van der Waals surface area contributed by atoms with Gasteiger partial charge in [-0.05, 0) is 0 Å². The van der Waals surface area contributed by atoms with Gasteiger partial charge >= 0.3 is 86.1 Å². The van der Waals surface area contributed by atoms with Gasteiger partial charge in [0.15, 0.2) is 0 Å². The maximum absolute atomic E-state index is 9.89. The van der Waals surface area contributed by atoms with E-state index in [2.05, 4.69) is 20.5 Å². The van der Waals surface area contributed by atoms with Gasteiger partial charge in [0, 0.05) is 0 Å². The Balaban J connectivity index is 2.42. The van der Waals surface area contributed by atoms with E-state index in [1.54, 1.807) is 0 Å². The zero-order valence-corrected chi connectivity index (χ0v) is 8.61. The molecule has 0 unspecified atom stereocenters. The summed E-state index contributed by atoms with van der Waals surface area (Å²) >= 11 is 0. The van der Waals surface area contributed by atoms with Crippen LogP contribution in [-0.4, -0.2) is 23.2 Å². The fourth-order valence-corrected chi connectivity index (χ4v) is 0.939. The van der Waals surface area contributed by atoms with Crippen molar-refractivity contribution in [3.8, 4) is 11.7 Å². The number of hydrogen-bond donors (Lipinski definition) is 2. The summed E-state index contributed by atoms with van der Waals surface area (Å²) in [6, 6.07) is 1.44. The van der Waals surface area contributed by atoms with Gasteiger partial charge in [0.2, 0.25) is 0 Å². The number of aromatic nitrogens is 2. The molecule has 4 N–H and O–H groups in total. The third kappa shape index (κ3) is 4.46. The fourth-order valence-electron chi connectivity index (χ4n) is 0.795. The molecule has 1 aromatic heterocycles. The molecule has 0 saturated heterocycles. The van der Waals surface area contributed by atoms with E-state index in [0.717, 1.165) is 0 Å². The molecule has 1 aromatic rings. The van der Waals surface area contributed by atoms with Crippen molar-refractivity contribution >= 4 is 19.7 Å². The number of nitrogens with two attached hydrogens (primary N) is 2. The first-order chi connectivity index (χ1) is 7.22. The molecule has 0 aliphatic carbocycles. The molecule has 0 aromatic carbocycles. The first kappa shape index (κ1) is 11.5. The summed E-state index contributed by atoms with van der Waals surface area (Å²) < 4.78 is 19.7. The quantitative estimate of drug-likeness (QED) is 0.560. The van der Waals surface area contributed by atoms with Crippen molar-refractivity contribution < 1.29 is 14.0 Å². The number of anilines is 2. The van der Waals surface area contributed by atoms with E-state index >= 15 is 0 Å². The molecule has 8 heteroatoms. The molecule has 0 aliphatic heterocycles. The minimum atomic E-state index is -0.301. The van der Waals surface area contributed by atoms with Crippen LogP contribution >= 0.6 is 7.92 Å². The molecular weight excluding hydrogens is 219 g/mol. The van der Waals surface area contributed by atoms with E-state index in [1.807, 2.05) is 0 Å². The molecule has 0 saturated carbocycles. The van der Waals surface area contributed by atoms with Crippen LogP contribution in [0.15, 0.2) is 6.07 Å². The van der Waals surface area contributed by atoms with Crippen LogP contribution in [0.3, 0.4) is 0 Å². The normalized spacial score (nSPS) is 9.33. The van der Waals surface area contributed by atoms with E-state index in [4.69, 9.17) is 16.2 Å². The average molecular weight is 228 g/mol. The summed E-state index contributed by atoms with van der Waals surface area (Å²) in [6.45, 7) is 0.428. The summed E-state index contributed by atoms with van der Waals surface area (Å²) in [5, 5.41) is 0. The van der Waals surface area contributed by atoms with Gasteiger partial charge in [-0.25, -0.2) is 0 Å². The van der Waals surface area contributed by atoms with Crippen molar-refractivity contribution in [2.24, 2.45) is 0 Å². The van der Waals surface area contributed by atoms with Crippen LogP contribution in [0.4, 0.5) is 11.8 Å². The van der Waals surface area contributed by atoms with Gasteiger partial charge in [0.25, 0.3) is 0 Å². The summed E-state index contributed by atoms with van der Waals surface area (Å²) in [5.74, 6) is 2.65. The summed E-state index contributed by atoms with van der Waals surface area (Å²) in [6.07, 6.45) is 0. The predicted octanol–water partition coefficient (Wildman–Crippen LogP) is 0.245. The van der Waals surface area contributed by atoms with Crippen molar-refractivity contribution in [3.63, 3.8) is 0 Å². The summed E-state index contributed by atoms with van der Waals surface area (Å²) in [5.41, 5.74) is 10.8. The van der Waals surface area contributed by atoms with Crippen LogP contribution in [0, 0.1) is 5.81 Å². The van der Waals surface area contributed by atoms with Gasteiger partial charge in [-0.1, -0.05) is 0 Å². The third-order valence-corrected chi connectivity index (χ3v) is 1.48. The monoisotopic (exact) mass is 228 g/mol. The Morgan fingerprint density at radius 3 is 2.87 bits per heavy atom. The molecule has 0 fully saturated rings. The van der Waals surface area contributed by atoms with Crippen LogP contribution in [0.5, 0.6) is 5.88 Å². The van der Waals surface area contributed by atoms with Crippen LogP contribution in [0.2, 0.25) is 0 Å². The molecular formula is C7H9N4O3P. The number of rotatable bonds is 4. The Bertz CT molecular complexity index is 413. The second-order valence-corrected chi connectivity index (χ2v) is 2.73. The molecule has 80 valence electrons. The average Bonchev–Trinajstić information content (AvgIpc) is 2.16. The number of ether oxygens (including phenoxy) is 2. The molecule has 7 nitrogen and oxygen atoms in total. The Kier molecular flexibility index (Phi) is 4.63. The first-order valence-corrected chi connectivity index (χ1v) is 4.75. The van der Waals surface area contributed by atoms with Crippen LogP contribution in [0.1, 0.15) is 0 Å². The zero-order chi connectivity index (χ0) is 11.1. The first-order valence-electron chi connectivity index (χ1n) is 3.94. The van der Waals surface area contributed by atoms with Crippen molar-refractivity contribution in [1.82, 2.24) is 9.97 Å². The molecule has 0 radical (unpaired) electrons. The van der Waals surface area contributed by atoms with E-state index in [0.29, 0.717) is 0 Å². The topological polar surface area (TPSA) is 113 Å². The van der Waals surface area contributed by atoms with Crippen LogP contribution < -0.4 is 16.2 Å². The SMILES string of the molecule is Nc1cc(OCCOC#P=O)nc(N)n1. The number of hydrogen-bond acceptors (Lipinski definition) is 7. The minimum absolute atomic E-state index is 0.0436. The van der Waals surface area contributed by atoms with Gasteiger partial charge in [0.1, 0.15) is 0 Å². The van der Waals surface area contributed by atoms with E-state index in [1.165, 1.54) is 6.07 Å². The molecule has 0 amide bonds. The molecule has 0 spiro atoms. The second-order valence-electron chi connectivity index (χ2n) is 2.37. The molecule has 1 heterocycles. The Morgan fingerprint density at radius 1 is 1.40 bits per heavy atom. The van der Waals surface area contributed by atoms with E-state index in [-0.39, 0.29) is 38.8 Å². The molecule has 0 atom stereocenters. The van der Waals surface area contributed by atoms with Gasteiger partial charge in [-0.2, -0.15) is 0 Å². The third-order valence-electron chi connectivity index (χ3n) is 1.28. The molecule has 1 rings (SSSR count). The van der Waals surface area contributed by atoms with Gasteiger partial charge in [0.05, 0.1) is 0 Å². The van der Waals surface area contributed by atoms with Crippen molar-refractivity contribution in [2.75, 3.05) is 24.7 Å². The number of nitrogen functional groups attached to an aromatic ring is 2. The zero-order valence-electron chi connectivity index (χ0n) is 7.71. The Labute approximate surface area is 86.9 Å². The van der Waals surface area contributed by atoms with E-state index < -0.39 is 0 Å². The maximum atomic E-state index is 9.89. The standard InChI is InChI=1S/C7H9N4O3P/c8-5-3-6(11-7(9)10-5)14-2-1-13-4-15-12/h3H,1-2H2,(H4,8,9,10,11). The number of nitrogens with zero attached hydrogens (tertiary/aromatic N) is 2. The Morgan fingerprint density at radius 2 is 2.20 bits per heavy atom. The fraction of sp³-hybridized carbons (Fsp3) is 0.286. The van der Waals surface area contributed by atoms with Crippen molar-refractivity contribution in [2.45, 2.75) is 0 Å². The summed E-state index contributed by atoms with van der Waals surface area (Å²) in [7, 11) is -0.301. The van der Waals surface area contributed by atoms with Gasteiger partial charge < -0.3 is 0 Å². The predicted molar refractivity (Wildman–Crippen MR) is 53.8 cm³/mol. The van der Waals surface area contributed by atoms with E-state index in [9.17, 15) is 4.57 Å². The van der Waals surface area contributed by atoms with Crippen molar-refractivity contribution in [3.05, 3.63) is 6.07 Å². The van der Waals surface area contributed by atoms with Crippen LogP contribution in [0.25, 0.3) is 0 Å². The van der Waals surface area contributed by atoms with Gasteiger partial charge in [-0.3, -0.25) is 0 Å². The second kappa shape index (κ2) is 6.03. The van der Waals surface area contributed by atoms with Crippen LogP contribution in [-0.2, 0) is 9.30 Å². The molecule has 0 bridgehead atoms. The van der Waals surface area contributed by atoms with Crippen molar-refractivity contribution in [1.29, 1.82) is 0 Å². The molecule has 0 aliphatic rings. The molecule has 15 heavy (non-hydrogen) atoms.